The van der Waals surface area contributed by atoms with E-state index in [4.69, 9.17) is 0 Å². The number of phenolic OH excluding ortho intramolecular Hbond substituents is 1. The standard InChI is InChI=1S/C15H16N2O2S/c18-12-7-3-2-6-11(12)10-13-14(19)16-15(20-13)17-8-4-1-5-9-17/h2-3,6-7,10,18H,1,4-5,8-9H2/b13-10-. The summed E-state index contributed by atoms with van der Waals surface area (Å²) in [5, 5.41) is 10.6. The number of carbonyl (C=O) groups excluding carboxylic acids is 1. The first-order valence-corrected chi connectivity index (χ1v) is 7.61. The Balaban J connectivity index is 1.78. The SMILES string of the molecule is O=C1N=C(N2CCCCC2)S/C1=C\c1ccccc1O. The minimum Gasteiger partial charge on any atom is -0.507 e. The van der Waals surface area contributed by atoms with Gasteiger partial charge in [0.2, 0.25) is 0 Å². The average molecular weight is 288 g/mol. The van der Waals surface area contributed by atoms with Gasteiger partial charge >= 0.3 is 0 Å². The van der Waals surface area contributed by atoms with E-state index in [9.17, 15) is 9.90 Å². The number of amidine groups is 1. The summed E-state index contributed by atoms with van der Waals surface area (Å²) in [5.41, 5.74) is 0.651. The number of piperidine rings is 1. The van der Waals surface area contributed by atoms with Crippen molar-refractivity contribution in [1.82, 2.24) is 4.90 Å². The molecule has 1 aromatic carbocycles. The molecule has 1 saturated heterocycles. The fourth-order valence-electron chi connectivity index (χ4n) is 2.37. The normalized spacial score (nSPS) is 21.4. The smallest absolute Gasteiger partial charge is 0.286 e. The minimum absolute atomic E-state index is 0.180. The highest BCUT2D eigenvalue weighted by Gasteiger charge is 2.26. The Morgan fingerprint density at radius 3 is 2.70 bits per heavy atom. The van der Waals surface area contributed by atoms with E-state index in [1.54, 1.807) is 24.3 Å². The molecule has 20 heavy (non-hydrogen) atoms. The van der Waals surface area contributed by atoms with Gasteiger partial charge in [-0.25, -0.2) is 0 Å². The second-order valence-electron chi connectivity index (χ2n) is 4.92. The first-order valence-electron chi connectivity index (χ1n) is 6.79. The van der Waals surface area contributed by atoms with Gasteiger partial charge in [-0.1, -0.05) is 18.2 Å². The van der Waals surface area contributed by atoms with Crippen LogP contribution in [0.15, 0.2) is 34.2 Å². The number of aliphatic imine (C=N–C) groups is 1. The van der Waals surface area contributed by atoms with Crippen LogP contribution in [0.1, 0.15) is 24.8 Å². The monoisotopic (exact) mass is 288 g/mol. The molecule has 5 heteroatoms. The lowest BCUT2D eigenvalue weighted by Gasteiger charge is -2.27. The Hall–Kier alpha value is -1.75. The van der Waals surface area contributed by atoms with Crippen molar-refractivity contribution in [3.63, 3.8) is 0 Å². The lowest BCUT2D eigenvalue weighted by Crippen LogP contribution is -2.33. The number of aromatic hydroxyl groups is 1. The number of carbonyl (C=O) groups is 1. The van der Waals surface area contributed by atoms with Crippen molar-refractivity contribution in [2.75, 3.05) is 13.1 Å². The zero-order chi connectivity index (χ0) is 13.9. The van der Waals surface area contributed by atoms with E-state index in [1.807, 2.05) is 6.07 Å². The Kier molecular flexibility index (Phi) is 3.78. The summed E-state index contributed by atoms with van der Waals surface area (Å²) in [5.74, 6) is -0.0290. The van der Waals surface area contributed by atoms with Crippen LogP contribution < -0.4 is 0 Å². The van der Waals surface area contributed by atoms with Crippen LogP contribution in [-0.4, -0.2) is 34.2 Å². The van der Waals surface area contributed by atoms with Gasteiger partial charge in [-0.2, -0.15) is 4.99 Å². The quantitative estimate of drug-likeness (QED) is 0.807. The number of nitrogens with zero attached hydrogens (tertiary/aromatic N) is 2. The third kappa shape index (κ3) is 2.72. The topological polar surface area (TPSA) is 52.9 Å². The summed E-state index contributed by atoms with van der Waals surface area (Å²) < 4.78 is 0. The van der Waals surface area contributed by atoms with Gasteiger partial charge in [0.1, 0.15) is 5.75 Å². The molecule has 0 radical (unpaired) electrons. The second kappa shape index (κ2) is 5.71. The van der Waals surface area contributed by atoms with Crippen molar-refractivity contribution in [2.24, 2.45) is 4.99 Å². The van der Waals surface area contributed by atoms with Gasteiger partial charge in [0.25, 0.3) is 5.91 Å². The second-order valence-corrected chi connectivity index (χ2v) is 5.93. The van der Waals surface area contributed by atoms with Crippen molar-refractivity contribution in [2.45, 2.75) is 19.3 Å². The van der Waals surface area contributed by atoms with E-state index in [-0.39, 0.29) is 11.7 Å². The van der Waals surface area contributed by atoms with Crippen molar-refractivity contribution < 1.29 is 9.90 Å². The Morgan fingerprint density at radius 1 is 1.20 bits per heavy atom. The third-order valence-corrected chi connectivity index (χ3v) is 4.50. The zero-order valence-corrected chi connectivity index (χ0v) is 11.9. The van der Waals surface area contributed by atoms with E-state index >= 15 is 0 Å². The molecule has 1 N–H and O–H groups in total. The maximum absolute atomic E-state index is 12.0. The molecule has 2 heterocycles. The number of rotatable bonds is 1. The third-order valence-electron chi connectivity index (χ3n) is 3.46. The number of benzene rings is 1. The number of hydrogen-bond donors (Lipinski definition) is 1. The van der Waals surface area contributed by atoms with Crippen LogP contribution >= 0.6 is 11.8 Å². The first kappa shape index (κ1) is 13.2. The maximum atomic E-state index is 12.0. The van der Waals surface area contributed by atoms with E-state index in [0.717, 1.165) is 31.1 Å². The molecule has 0 saturated carbocycles. The van der Waals surface area contributed by atoms with Crippen LogP contribution in [0.4, 0.5) is 0 Å². The number of amides is 1. The molecule has 0 aliphatic carbocycles. The van der Waals surface area contributed by atoms with E-state index in [1.165, 1.54) is 18.2 Å². The fraction of sp³-hybridized carbons (Fsp3) is 0.333. The van der Waals surface area contributed by atoms with Crippen molar-refractivity contribution in [1.29, 1.82) is 0 Å². The molecule has 3 rings (SSSR count). The first-order chi connectivity index (χ1) is 9.74. The van der Waals surface area contributed by atoms with E-state index in [2.05, 4.69) is 9.89 Å². The van der Waals surface area contributed by atoms with Gasteiger partial charge in [0.15, 0.2) is 5.17 Å². The average Bonchev–Trinajstić information content (AvgIpc) is 2.84. The number of para-hydroxylation sites is 1. The largest absolute Gasteiger partial charge is 0.507 e. The molecule has 1 amide bonds. The van der Waals surface area contributed by atoms with Gasteiger partial charge < -0.3 is 10.0 Å². The van der Waals surface area contributed by atoms with E-state index in [0.29, 0.717) is 10.5 Å². The summed E-state index contributed by atoms with van der Waals surface area (Å²) in [6.07, 6.45) is 5.28. The molecule has 0 unspecified atom stereocenters. The van der Waals surface area contributed by atoms with Crippen molar-refractivity contribution in [3.05, 3.63) is 34.7 Å². The minimum atomic E-state index is -0.209. The molecule has 104 valence electrons. The van der Waals surface area contributed by atoms with Gasteiger partial charge in [0.05, 0.1) is 4.91 Å². The lowest BCUT2D eigenvalue weighted by molar-refractivity contribution is -0.113. The highest BCUT2D eigenvalue weighted by Crippen LogP contribution is 2.32. The molecule has 0 spiro atoms. The van der Waals surface area contributed by atoms with Gasteiger partial charge in [-0.3, -0.25) is 4.79 Å². The predicted octanol–water partition coefficient (Wildman–Crippen LogP) is 2.85. The van der Waals surface area contributed by atoms with Crippen molar-refractivity contribution >= 4 is 28.9 Å². The highest BCUT2D eigenvalue weighted by molar-refractivity contribution is 8.18. The van der Waals surface area contributed by atoms with Gasteiger partial charge in [-0.05, 0) is 43.2 Å². The van der Waals surface area contributed by atoms with Gasteiger partial charge in [-0.15, -0.1) is 0 Å². The summed E-state index contributed by atoms with van der Waals surface area (Å²) >= 11 is 1.41. The van der Waals surface area contributed by atoms with Crippen LogP contribution in [0.5, 0.6) is 5.75 Å². The van der Waals surface area contributed by atoms with Gasteiger partial charge in [0, 0.05) is 18.7 Å². The summed E-state index contributed by atoms with van der Waals surface area (Å²) in [6.45, 7) is 1.95. The number of phenols is 1. The number of hydrogen-bond acceptors (Lipinski definition) is 4. The van der Waals surface area contributed by atoms with E-state index < -0.39 is 0 Å². The highest BCUT2D eigenvalue weighted by atomic mass is 32.2. The fourth-order valence-corrected chi connectivity index (χ4v) is 3.33. The molecule has 2 aliphatic rings. The molecule has 0 bridgehead atoms. The summed E-state index contributed by atoms with van der Waals surface area (Å²) in [4.78, 5) is 18.8. The Labute approximate surface area is 122 Å². The molecule has 4 nitrogen and oxygen atoms in total. The zero-order valence-electron chi connectivity index (χ0n) is 11.1. The molecule has 1 aromatic rings. The van der Waals surface area contributed by atoms with Crippen LogP contribution in [0.25, 0.3) is 6.08 Å². The van der Waals surface area contributed by atoms with Crippen LogP contribution in [0.2, 0.25) is 0 Å². The number of likely N-dealkylation sites (tertiary alicyclic amines) is 1. The predicted molar refractivity (Wildman–Crippen MR) is 81.5 cm³/mol. The van der Waals surface area contributed by atoms with Crippen molar-refractivity contribution in [3.8, 4) is 5.75 Å². The number of thioether (sulfide) groups is 1. The maximum Gasteiger partial charge on any atom is 0.286 e. The van der Waals surface area contributed by atoms with Crippen LogP contribution in [0.3, 0.4) is 0 Å². The summed E-state index contributed by atoms with van der Waals surface area (Å²) in [6, 6.07) is 7.00. The Bertz CT molecular complexity index is 589. The molecule has 1 fully saturated rings. The van der Waals surface area contributed by atoms with Crippen LogP contribution in [0, 0.1) is 0 Å². The molecule has 2 aliphatic heterocycles. The lowest BCUT2D eigenvalue weighted by atomic mass is 10.1. The molecule has 0 atom stereocenters. The summed E-state index contributed by atoms with van der Waals surface area (Å²) in [7, 11) is 0. The Morgan fingerprint density at radius 2 is 1.95 bits per heavy atom. The molecular formula is C15H16N2O2S. The molecular weight excluding hydrogens is 272 g/mol. The van der Waals surface area contributed by atoms with Crippen LogP contribution in [-0.2, 0) is 4.79 Å². The molecule has 0 aromatic heterocycles.